The van der Waals surface area contributed by atoms with Gasteiger partial charge in [-0.25, -0.2) is 0 Å². The van der Waals surface area contributed by atoms with Gasteiger partial charge in [-0.3, -0.25) is 0 Å². The molecule has 60 valence electrons. The number of rotatable bonds is 1. The maximum atomic E-state index is 5.49. The lowest BCUT2D eigenvalue weighted by molar-refractivity contribution is -0.760. The summed E-state index contributed by atoms with van der Waals surface area (Å²) in [6.07, 6.45) is 3.08. The Hall–Kier alpha value is -0.510. The number of hydrogen-bond acceptors (Lipinski definition) is 1. The van der Waals surface area contributed by atoms with Crippen LogP contribution >= 0.6 is 15.9 Å². The molecule has 0 saturated carbocycles. The standard InChI is InChI=1S/C7H9BrN2O/c8-4-6-5-9-10-2-1-3-11-7(6)10/h5H,1-4H2/p+1. The molecule has 11 heavy (non-hydrogen) atoms. The quantitative estimate of drug-likeness (QED) is 0.552. The van der Waals surface area contributed by atoms with Crippen molar-refractivity contribution in [2.75, 3.05) is 6.61 Å². The van der Waals surface area contributed by atoms with Gasteiger partial charge in [0.2, 0.25) is 0 Å². The van der Waals surface area contributed by atoms with Crippen LogP contribution in [0.25, 0.3) is 0 Å². The van der Waals surface area contributed by atoms with Crippen LogP contribution in [0.1, 0.15) is 12.0 Å². The molecule has 2 rings (SSSR count). The highest BCUT2D eigenvalue weighted by Crippen LogP contribution is 2.17. The SMILES string of the molecule is BrCc1c[nH][n+]2c1OCCC2. The molecule has 0 bridgehead atoms. The van der Waals surface area contributed by atoms with Crippen LogP contribution in [0.2, 0.25) is 0 Å². The molecule has 0 spiro atoms. The van der Waals surface area contributed by atoms with Crippen LogP contribution in [-0.2, 0) is 11.9 Å². The number of fused-ring (bicyclic) bond motifs is 1. The topological polar surface area (TPSA) is 28.9 Å². The summed E-state index contributed by atoms with van der Waals surface area (Å²) in [5.74, 6) is 0.994. The van der Waals surface area contributed by atoms with Crippen molar-refractivity contribution < 1.29 is 9.42 Å². The minimum atomic E-state index is 0.845. The number of H-pyrrole nitrogens is 1. The Morgan fingerprint density at radius 3 is 3.45 bits per heavy atom. The summed E-state index contributed by atoms with van der Waals surface area (Å²) in [6.45, 7) is 1.89. The molecule has 0 aliphatic carbocycles. The van der Waals surface area contributed by atoms with E-state index in [9.17, 15) is 0 Å². The summed E-state index contributed by atoms with van der Waals surface area (Å²) in [5, 5.41) is 3.99. The fraction of sp³-hybridized carbons (Fsp3) is 0.571. The van der Waals surface area contributed by atoms with Crippen LogP contribution in [0, 0.1) is 0 Å². The fourth-order valence-corrected chi connectivity index (χ4v) is 1.68. The third-order valence-electron chi connectivity index (χ3n) is 1.82. The zero-order valence-corrected chi connectivity index (χ0v) is 7.73. The van der Waals surface area contributed by atoms with Crippen LogP contribution < -0.4 is 9.42 Å². The number of aromatic amines is 1. The molecule has 4 heteroatoms. The highest BCUT2D eigenvalue weighted by molar-refractivity contribution is 9.08. The van der Waals surface area contributed by atoms with Gasteiger partial charge in [-0.1, -0.05) is 20.6 Å². The number of alkyl halides is 1. The lowest BCUT2D eigenvalue weighted by atomic mass is 10.3. The monoisotopic (exact) mass is 217 g/mol. The molecule has 3 nitrogen and oxygen atoms in total. The van der Waals surface area contributed by atoms with Gasteiger partial charge in [0.1, 0.15) is 6.61 Å². The van der Waals surface area contributed by atoms with E-state index in [1.165, 1.54) is 5.56 Å². The van der Waals surface area contributed by atoms with Gasteiger partial charge in [0.05, 0.1) is 11.8 Å². The Bertz CT molecular complexity index is 245. The number of halogens is 1. The van der Waals surface area contributed by atoms with Gasteiger partial charge < -0.3 is 4.74 Å². The molecule has 2 heterocycles. The molecule has 0 atom stereocenters. The second kappa shape index (κ2) is 2.85. The molecule has 0 fully saturated rings. The number of nitrogens with zero attached hydrogens (tertiary/aromatic N) is 1. The van der Waals surface area contributed by atoms with E-state index < -0.39 is 0 Å². The first kappa shape index (κ1) is 7.16. The molecule has 0 amide bonds. The molecule has 1 aliphatic rings. The van der Waals surface area contributed by atoms with Gasteiger partial charge >= 0.3 is 5.88 Å². The molecule has 1 aromatic rings. The average molecular weight is 218 g/mol. The van der Waals surface area contributed by atoms with Crippen LogP contribution in [-0.4, -0.2) is 11.7 Å². The van der Waals surface area contributed by atoms with Gasteiger partial charge in [0.15, 0.2) is 6.54 Å². The van der Waals surface area contributed by atoms with E-state index in [2.05, 4.69) is 21.0 Å². The molecular formula is C7H10BrN2O+. The second-order valence-corrected chi connectivity index (χ2v) is 3.15. The summed E-state index contributed by atoms with van der Waals surface area (Å²) in [6, 6.07) is 0. The van der Waals surface area contributed by atoms with Crippen molar-refractivity contribution >= 4 is 15.9 Å². The van der Waals surface area contributed by atoms with Crippen LogP contribution in [0.5, 0.6) is 5.88 Å². The number of aryl methyl sites for hydroxylation is 1. The predicted octanol–water partition coefficient (Wildman–Crippen LogP) is 0.980. The van der Waals surface area contributed by atoms with E-state index in [1.54, 1.807) is 0 Å². The summed E-state index contributed by atoms with van der Waals surface area (Å²) in [5.41, 5.74) is 1.20. The van der Waals surface area contributed by atoms with Crippen molar-refractivity contribution in [3.8, 4) is 5.88 Å². The van der Waals surface area contributed by atoms with E-state index in [4.69, 9.17) is 4.74 Å². The van der Waals surface area contributed by atoms with Gasteiger partial charge in [-0.05, 0) is 0 Å². The van der Waals surface area contributed by atoms with E-state index in [0.717, 1.165) is 30.8 Å². The van der Waals surface area contributed by atoms with Crippen LogP contribution in [0.3, 0.4) is 0 Å². The maximum absolute atomic E-state index is 5.49. The van der Waals surface area contributed by atoms with Crippen molar-refractivity contribution in [2.24, 2.45) is 0 Å². The highest BCUT2D eigenvalue weighted by Gasteiger charge is 2.23. The number of aromatic nitrogens is 2. The van der Waals surface area contributed by atoms with Gasteiger partial charge in [-0.15, -0.1) is 0 Å². The molecule has 1 N–H and O–H groups in total. The van der Waals surface area contributed by atoms with Crippen molar-refractivity contribution in [1.29, 1.82) is 0 Å². The Morgan fingerprint density at radius 1 is 1.73 bits per heavy atom. The first-order chi connectivity index (χ1) is 5.42. The Morgan fingerprint density at radius 2 is 2.64 bits per heavy atom. The first-order valence-electron chi connectivity index (χ1n) is 3.70. The van der Waals surface area contributed by atoms with Crippen LogP contribution in [0.4, 0.5) is 0 Å². The molecule has 0 saturated heterocycles. The summed E-state index contributed by atoms with van der Waals surface area (Å²) >= 11 is 3.40. The van der Waals surface area contributed by atoms with Crippen molar-refractivity contribution in [3.05, 3.63) is 11.8 Å². The zero-order chi connectivity index (χ0) is 7.68. The lowest BCUT2D eigenvalue weighted by Crippen LogP contribution is -2.41. The smallest absolute Gasteiger partial charge is 0.397 e. The minimum absolute atomic E-state index is 0.845. The summed E-state index contributed by atoms with van der Waals surface area (Å²) in [4.78, 5) is 0. The van der Waals surface area contributed by atoms with Gasteiger partial charge in [0, 0.05) is 11.8 Å². The minimum Gasteiger partial charge on any atom is -0.442 e. The van der Waals surface area contributed by atoms with Gasteiger partial charge in [-0.2, -0.15) is 5.10 Å². The highest BCUT2D eigenvalue weighted by atomic mass is 79.9. The van der Waals surface area contributed by atoms with Crippen molar-refractivity contribution in [1.82, 2.24) is 5.10 Å². The lowest BCUT2D eigenvalue weighted by Gasteiger charge is -2.06. The zero-order valence-electron chi connectivity index (χ0n) is 6.14. The second-order valence-electron chi connectivity index (χ2n) is 2.59. The van der Waals surface area contributed by atoms with Crippen molar-refractivity contribution in [3.63, 3.8) is 0 Å². The van der Waals surface area contributed by atoms with Crippen molar-refractivity contribution in [2.45, 2.75) is 18.3 Å². The van der Waals surface area contributed by atoms with E-state index in [0.29, 0.717) is 0 Å². The number of nitrogens with one attached hydrogen (secondary N) is 1. The third kappa shape index (κ3) is 1.15. The van der Waals surface area contributed by atoms with Gasteiger partial charge in [0.25, 0.3) is 0 Å². The van der Waals surface area contributed by atoms with E-state index >= 15 is 0 Å². The average Bonchev–Trinajstić information content (AvgIpc) is 2.47. The maximum Gasteiger partial charge on any atom is 0.397 e. The molecule has 0 aromatic carbocycles. The largest absolute Gasteiger partial charge is 0.442 e. The van der Waals surface area contributed by atoms with Crippen LogP contribution in [0.15, 0.2) is 6.20 Å². The summed E-state index contributed by atoms with van der Waals surface area (Å²) in [7, 11) is 0. The normalized spacial score (nSPS) is 15.7. The molecule has 1 aliphatic heterocycles. The Kier molecular flexibility index (Phi) is 1.85. The van der Waals surface area contributed by atoms with E-state index in [1.807, 2.05) is 10.9 Å². The Labute approximate surface area is 73.5 Å². The fourth-order valence-electron chi connectivity index (χ4n) is 1.27. The molecule has 0 radical (unpaired) electrons. The predicted molar refractivity (Wildman–Crippen MR) is 43.7 cm³/mol. The molecule has 1 aromatic heterocycles. The van der Waals surface area contributed by atoms with E-state index in [-0.39, 0.29) is 0 Å². The first-order valence-corrected chi connectivity index (χ1v) is 4.83. The number of hydrogen-bond donors (Lipinski definition) is 1. The summed E-state index contributed by atoms with van der Waals surface area (Å²) < 4.78 is 7.53. The third-order valence-corrected chi connectivity index (χ3v) is 2.43. The number of ether oxygens (including phenoxy) is 1. The molecule has 0 unspecified atom stereocenters. The Balaban J connectivity index is 2.38. The molecular weight excluding hydrogens is 208 g/mol.